The third-order valence-electron chi connectivity index (χ3n) is 6.64. The fourth-order valence-corrected chi connectivity index (χ4v) is 4.72. The molecular formula is C30H37N5O2. The number of likely N-dealkylation sites (N-methyl/N-ethyl adjacent to an activating group) is 1. The molecule has 0 aliphatic carbocycles. The lowest BCUT2D eigenvalue weighted by Crippen LogP contribution is -2.34. The van der Waals surface area contributed by atoms with Gasteiger partial charge in [0, 0.05) is 55.3 Å². The molecule has 0 spiro atoms. The maximum absolute atomic E-state index is 13.2. The Kier molecular flexibility index (Phi) is 8.24. The predicted octanol–water partition coefficient (Wildman–Crippen LogP) is 4.65. The van der Waals surface area contributed by atoms with Crippen molar-refractivity contribution in [2.45, 2.75) is 39.7 Å². The number of rotatable bonds is 9. The molecule has 4 rings (SSSR count). The van der Waals surface area contributed by atoms with E-state index in [0.29, 0.717) is 29.8 Å². The molecule has 1 aliphatic heterocycles. The fourth-order valence-electron chi connectivity index (χ4n) is 4.72. The number of fused-ring (bicyclic) bond motifs is 2. The first-order chi connectivity index (χ1) is 17.8. The first-order valence-corrected chi connectivity index (χ1v) is 13.1. The molecule has 7 nitrogen and oxygen atoms in total. The monoisotopic (exact) mass is 499 g/mol. The van der Waals surface area contributed by atoms with Gasteiger partial charge in [-0.25, -0.2) is 4.99 Å². The van der Waals surface area contributed by atoms with Crippen molar-refractivity contribution in [2.75, 3.05) is 33.7 Å². The minimum absolute atomic E-state index is 0.0210. The number of benzene rings is 2. The summed E-state index contributed by atoms with van der Waals surface area (Å²) in [5.74, 6) is 0.463. The van der Waals surface area contributed by atoms with Crippen LogP contribution in [0.4, 0.5) is 5.69 Å². The highest BCUT2D eigenvalue weighted by molar-refractivity contribution is 6.05. The van der Waals surface area contributed by atoms with Crippen molar-refractivity contribution in [2.24, 2.45) is 10.7 Å². The molecule has 1 aliphatic rings. The second-order valence-corrected chi connectivity index (χ2v) is 9.93. The zero-order valence-electron chi connectivity index (χ0n) is 22.3. The van der Waals surface area contributed by atoms with Gasteiger partial charge in [0.05, 0.1) is 5.69 Å². The number of nitrogens with two attached hydrogens (primary N) is 1. The van der Waals surface area contributed by atoms with Gasteiger partial charge in [0.15, 0.2) is 0 Å². The summed E-state index contributed by atoms with van der Waals surface area (Å²) in [5, 5.41) is 1.61. The Bertz CT molecular complexity index is 1410. The summed E-state index contributed by atoms with van der Waals surface area (Å²) in [6, 6.07) is 13.9. The van der Waals surface area contributed by atoms with E-state index in [9.17, 15) is 9.59 Å². The van der Waals surface area contributed by atoms with Gasteiger partial charge >= 0.3 is 0 Å². The topological polar surface area (TPSA) is 83.9 Å². The van der Waals surface area contributed by atoms with Gasteiger partial charge in [0.25, 0.3) is 5.56 Å². The summed E-state index contributed by atoms with van der Waals surface area (Å²) in [5.41, 5.74) is 10.6. The number of nitrogens with zero attached hydrogens (tertiary/aromatic N) is 4. The highest BCUT2D eigenvalue weighted by Crippen LogP contribution is 2.33. The van der Waals surface area contributed by atoms with Gasteiger partial charge in [-0.15, -0.1) is 0 Å². The summed E-state index contributed by atoms with van der Waals surface area (Å²) in [7, 11) is 4.00. The zero-order valence-corrected chi connectivity index (χ0v) is 22.3. The molecule has 37 heavy (non-hydrogen) atoms. The van der Waals surface area contributed by atoms with Gasteiger partial charge in [-0.1, -0.05) is 32.0 Å². The lowest BCUT2D eigenvalue weighted by Gasteiger charge is -2.22. The standard InChI is InChI=1S/C30H37N5O2/c1-5-12-34(13-6-2)29(36)25-18-24-8-7-22(19-27(24)32-28(31)20-25)21-9-10-26-23(17-21)11-14-35(30(26)37)16-15-33(3)4/h7-11,14,17-19H,5-6,12-13,15-16,20H2,1-4H3,(H2,31,32). The number of aromatic nitrogens is 1. The zero-order chi connectivity index (χ0) is 26.5. The van der Waals surface area contributed by atoms with E-state index in [1.54, 1.807) is 4.57 Å². The van der Waals surface area contributed by atoms with Gasteiger partial charge < -0.3 is 20.1 Å². The number of hydrogen-bond donors (Lipinski definition) is 1. The van der Waals surface area contributed by atoms with Crippen molar-refractivity contribution < 1.29 is 4.79 Å². The molecule has 1 aromatic heterocycles. The summed E-state index contributed by atoms with van der Waals surface area (Å²) in [6.45, 7) is 7.08. The quantitative estimate of drug-likeness (QED) is 0.464. The predicted molar refractivity (Wildman–Crippen MR) is 153 cm³/mol. The van der Waals surface area contributed by atoms with Crippen molar-refractivity contribution in [1.29, 1.82) is 0 Å². The van der Waals surface area contributed by atoms with Gasteiger partial charge in [-0.2, -0.15) is 0 Å². The second-order valence-electron chi connectivity index (χ2n) is 9.93. The van der Waals surface area contributed by atoms with E-state index in [4.69, 9.17) is 5.73 Å². The summed E-state index contributed by atoms with van der Waals surface area (Å²) < 4.78 is 1.76. The Morgan fingerprint density at radius 3 is 2.41 bits per heavy atom. The van der Waals surface area contributed by atoms with Gasteiger partial charge in [-0.3, -0.25) is 9.59 Å². The van der Waals surface area contributed by atoms with E-state index in [1.807, 2.05) is 73.7 Å². The second kappa shape index (κ2) is 11.6. The molecule has 0 saturated heterocycles. The van der Waals surface area contributed by atoms with Crippen LogP contribution in [0.5, 0.6) is 0 Å². The number of carbonyl (C=O) groups is 1. The minimum atomic E-state index is 0.0210. The summed E-state index contributed by atoms with van der Waals surface area (Å²) in [6.07, 6.45) is 5.96. The van der Waals surface area contributed by atoms with E-state index in [-0.39, 0.29) is 11.5 Å². The molecule has 0 saturated carbocycles. The molecular weight excluding hydrogens is 462 g/mol. The maximum atomic E-state index is 13.2. The average Bonchev–Trinajstić information content (AvgIpc) is 3.04. The lowest BCUT2D eigenvalue weighted by molar-refractivity contribution is -0.127. The van der Waals surface area contributed by atoms with Crippen LogP contribution in [0.1, 0.15) is 38.7 Å². The van der Waals surface area contributed by atoms with Gasteiger partial charge in [-0.05, 0) is 73.8 Å². The van der Waals surface area contributed by atoms with E-state index in [2.05, 4.69) is 23.7 Å². The molecule has 3 aromatic rings. The van der Waals surface area contributed by atoms with Crippen LogP contribution in [-0.4, -0.2) is 59.8 Å². The summed E-state index contributed by atoms with van der Waals surface area (Å²) in [4.78, 5) is 34.8. The van der Waals surface area contributed by atoms with Crippen molar-refractivity contribution in [3.8, 4) is 11.1 Å². The normalized spacial score (nSPS) is 13.2. The van der Waals surface area contributed by atoms with Crippen LogP contribution in [0.3, 0.4) is 0 Å². The largest absolute Gasteiger partial charge is 0.387 e. The Morgan fingerprint density at radius 2 is 1.70 bits per heavy atom. The highest BCUT2D eigenvalue weighted by Gasteiger charge is 2.21. The Morgan fingerprint density at radius 1 is 1.00 bits per heavy atom. The molecule has 0 atom stereocenters. The minimum Gasteiger partial charge on any atom is -0.387 e. The number of amidine groups is 1. The van der Waals surface area contributed by atoms with Crippen LogP contribution in [0.2, 0.25) is 0 Å². The van der Waals surface area contributed by atoms with Crippen LogP contribution >= 0.6 is 0 Å². The van der Waals surface area contributed by atoms with Crippen LogP contribution in [0, 0.1) is 0 Å². The molecule has 7 heteroatoms. The molecule has 194 valence electrons. The van der Waals surface area contributed by atoms with E-state index < -0.39 is 0 Å². The van der Waals surface area contributed by atoms with Crippen molar-refractivity contribution in [3.05, 3.63) is 70.2 Å². The molecule has 2 heterocycles. The Hall–Kier alpha value is -3.71. The molecule has 0 unspecified atom stereocenters. The number of carbonyl (C=O) groups excluding carboxylic acids is 1. The van der Waals surface area contributed by atoms with Crippen molar-refractivity contribution in [1.82, 2.24) is 14.4 Å². The third kappa shape index (κ3) is 6.00. The van der Waals surface area contributed by atoms with Gasteiger partial charge in [0.2, 0.25) is 5.91 Å². The van der Waals surface area contributed by atoms with E-state index in [1.165, 1.54) is 0 Å². The van der Waals surface area contributed by atoms with Crippen LogP contribution in [-0.2, 0) is 11.3 Å². The number of aliphatic imine (C=N–C) groups is 1. The number of hydrogen-bond acceptors (Lipinski definition) is 5. The Labute approximate surface area is 218 Å². The lowest BCUT2D eigenvalue weighted by atomic mass is 9.99. The first-order valence-electron chi connectivity index (χ1n) is 13.1. The smallest absolute Gasteiger partial charge is 0.258 e. The molecule has 2 N–H and O–H groups in total. The maximum Gasteiger partial charge on any atom is 0.258 e. The summed E-state index contributed by atoms with van der Waals surface area (Å²) >= 11 is 0. The molecule has 1 amide bonds. The first kappa shape index (κ1) is 26.4. The van der Waals surface area contributed by atoms with Crippen molar-refractivity contribution in [3.63, 3.8) is 0 Å². The highest BCUT2D eigenvalue weighted by atomic mass is 16.2. The van der Waals surface area contributed by atoms with E-state index in [0.717, 1.165) is 60.2 Å². The third-order valence-corrected chi connectivity index (χ3v) is 6.64. The van der Waals surface area contributed by atoms with E-state index >= 15 is 0 Å². The average molecular weight is 500 g/mol. The molecule has 2 aromatic carbocycles. The van der Waals surface area contributed by atoms with Crippen LogP contribution < -0.4 is 11.3 Å². The molecule has 0 radical (unpaired) electrons. The number of pyridine rings is 1. The van der Waals surface area contributed by atoms with Crippen LogP contribution in [0.15, 0.2) is 64.0 Å². The Balaban J connectivity index is 1.66. The number of amides is 1. The molecule has 0 bridgehead atoms. The molecule has 0 fully saturated rings. The fraction of sp³-hybridized carbons (Fsp3) is 0.367. The van der Waals surface area contributed by atoms with Crippen LogP contribution in [0.25, 0.3) is 28.0 Å². The SMILES string of the molecule is CCCN(CCC)C(=O)C1=Cc2ccc(-c3ccc4c(=O)n(CCN(C)C)ccc4c3)cc2N=C(N)C1. The van der Waals surface area contributed by atoms with Crippen molar-refractivity contribution >= 4 is 34.3 Å². The van der Waals surface area contributed by atoms with Gasteiger partial charge in [0.1, 0.15) is 5.84 Å².